The molecule has 2 unspecified atom stereocenters. The Labute approximate surface area is 270 Å². The first-order valence-electron chi connectivity index (χ1n) is 16.0. The van der Waals surface area contributed by atoms with E-state index in [1.807, 2.05) is 58.0 Å². The van der Waals surface area contributed by atoms with Crippen molar-refractivity contribution in [2.24, 2.45) is 5.92 Å². The van der Waals surface area contributed by atoms with E-state index in [-0.39, 0.29) is 23.8 Å². The summed E-state index contributed by atoms with van der Waals surface area (Å²) in [4.78, 5) is 47.6. The van der Waals surface area contributed by atoms with E-state index >= 15 is 0 Å². The third kappa shape index (κ3) is 7.06. The number of nitrogens with one attached hydrogen (secondary N) is 1. The largest absolute Gasteiger partial charge is 0.497 e. The van der Waals surface area contributed by atoms with Crippen LogP contribution in [0.4, 0.5) is 4.79 Å². The van der Waals surface area contributed by atoms with Gasteiger partial charge in [0.2, 0.25) is 0 Å². The van der Waals surface area contributed by atoms with Gasteiger partial charge in [-0.2, -0.15) is 0 Å². The summed E-state index contributed by atoms with van der Waals surface area (Å²) in [6.07, 6.45) is 2.67. The molecular formula is C36H45N3O7. The Bertz CT molecular complexity index is 1610. The predicted octanol–water partition coefficient (Wildman–Crippen LogP) is 6.54. The predicted molar refractivity (Wildman–Crippen MR) is 175 cm³/mol. The van der Waals surface area contributed by atoms with Gasteiger partial charge in [0.25, 0.3) is 5.91 Å². The first kappa shape index (κ1) is 33.0. The molecule has 5 rings (SSSR count). The number of fused-ring (bicyclic) bond motifs is 1. The second-order valence-corrected chi connectivity index (χ2v) is 13.8. The average Bonchev–Trinajstić information content (AvgIpc) is 3.44. The Balaban J connectivity index is 1.59. The minimum atomic E-state index is -1.16. The lowest BCUT2D eigenvalue weighted by Gasteiger charge is -2.29. The van der Waals surface area contributed by atoms with Crippen molar-refractivity contribution in [3.8, 4) is 22.8 Å². The molecular weight excluding hydrogens is 586 g/mol. The molecule has 1 saturated heterocycles. The molecule has 10 nitrogen and oxygen atoms in total. The van der Waals surface area contributed by atoms with Crippen molar-refractivity contribution >= 4 is 28.9 Å². The fourth-order valence-electron chi connectivity index (χ4n) is 5.89. The molecule has 1 N–H and O–H groups in total. The van der Waals surface area contributed by atoms with E-state index < -0.39 is 34.7 Å². The van der Waals surface area contributed by atoms with Crippen LogP contribution in [-0.4, -0.2) is 71.4 Å². The van der Waals surface area contributed by atoms with Crippen LogP contribution in [0.2, 0.25) is 0 Å². The Kier molecular flexibility index (Phi) is 9.20. The number of ether oxygens (including phenoxy) is 4. The lowest BCUT2D eigenvalue weighted by Crippen LogP contribution is -2.48. The van der Waals surface area contributed by atoms with Crippen molar-refractivity contribution < 1.29 is 33.3 Å². The van der Waals surface area contributed by atoms with Gasteiger partial charge in [0.05, 0.1) is 18.3 Å². The van der Waals surface area contributed by atoms with Crippen molar-refractivity contribution in [3.63, 3.8) is 0 Å². The number of nitrogens with zero attached hydrogens (tertiary/aromatic N) is 2. The van der Waals surface area contributed by atoms with E-state index in [2.05, 4.69) is 5.32 Å². The number of carbonyl (C=O) groups is 3. The van der Waals surface area contributed by atoms with Crippen LogP contribution in [0.25, 0.3) is 22.2 Å². The highest BCUT2D eigenvalue weighted by Crippen LogP contribution is 2.48. The van der Waals surface area contributed by atoms with E-state index in [4.69, 9.17) is 23.9 Å². The maximum absolute atomic E-state index is 14.5. The number of carbonyl (C=O) groups excluding carboxylic acids is 3. The molecule has 2 atom stereocenters. The van der Waals surface area contributed by atoms with Crippen LogP contribution in [0, 0.1) is 5.92 Å². The van der Waals surface area contributed by atoms with Crippen LogP contribution in [0.15, 0.2) is 48.5 Å². The summed E-state index contributed by atoms with van der Waals surface area (Å²) in [6.45, 7) is 12.3. The monoisotopic (exact) mass is 631 g/mol. The summed E-state index contributed by atoms with van der Waals surface area (Å²) >= 11 is 0. The normalized spacial score (nSPS) is 19.5. The van der Waals surface area contributed by atoms with Gasteiger partial charge >= 0.3 is 12.1 Å². The molecule has 2 aliphatic rings. The van der Waals surface area contributed by atoms with Crippen molar-refractivity contribution in [1.29, 1.82) is 0 Å². The minimum Gasteiger partial charge on any atom is -0.497 e. The number of methoxy groups -OCH3 is 1. The van der Waals surface area contributed by atoms with Gasteiger partial charge in [-0.3, -0.25) is 4.79 Å². The molecule has 1 aromatic heterocycles. The molecule has 2 aromatic carbocycles. The molecule has 0 spiro atoms. The second-order valence-electron chi connectivity index (χ2n) is 13.8. The smallest absolute Gasteiger partial charge is 0.410 e. The summed E-state index contributed by atoms with van der Waals surface area (Å²) in [5.74, 6) is -0.181. The Morgan fingerprint density at radius 2 is 1.70 bits per heavy atom. The zero-order valence-corrected chi connectivity index (χ0v) is 27.9. The van der Waals surface area contributed by atoms with Crippen LogP contribution in [-0.2, 0) is 14.3 Å². The lowest BCUT2D eigenvalue weighted by atomic mass is 9.99. The van der Waals surface area contributed by atoms with E-state index in [0.29, 0.717) is 53.8 Å². The molecule has 1 saturated carbocycles. The third-order valence-corrected chi connectivity index (χ3v) is 8.41. The summed E-state index contributed by atoms with van der Waals surface area (Å²) in [7, 11) is 1.58. The summed E-state index contributed by atoms with van der Waals surface area (Å²) < 4.78 is 23.6. The second kappa shape index (κ2) is 12.8. The van der Waals surface area contributed by atoms with E-state index in [1.54, 1.807) is 44.1 Å². The maximum Gasteiger partial charge on any atom is 0.410 e. The highest BCUT2D eigenvalue weighted by molar-refractivity contribution is 6.10. The number of amides is 2. The minimum absolute atomic E-state index is 0.0406. The molecule has 3 aromatic rings. The van der Waals surface area contributed by atoms with Crippen LogP contribution < -0.4 is 14.8 Å². The maximum atomic E-state index is 14.5. The number of pyridine rings is 1. The van der Waals surface area contributed by atoms with Gasteiger partial charge in [0.1, 0.15) is 40.4 Å². The lowest BCUT2D eigenvalue weighted by molar-refractivity contribution is -0.159. The highest BCUT2D eigenvalue weighted by Gasteiger charge is 2.62. The molecule has 10 heteroatoms. The quantitative estimate of drug-likeness (QED) is 0.251. The molecule has 1 aliphatic carbocycles. The molecule has 246 valence electrons. The molecule has 0 bridgehead atoms. The van der Waals surface area contributed by atoms with Gasteiger partial charge in [-0.1, -0.05) is 43.7 Å². The van der Waals surface area contributed by atoms with Crippen LogP contribution >= 0.6 is 0 Å². The summed E-state index contributed by atoms with van der Waals surface area (Å²) in [5.41, 5.74) is -1.11. The van der Waals surface area contributed by atoms with Gasteiger partial charge in [0.15, 0.2) is 0 Å². The number of hydrogen-bond acceptors (Lipinski definition) is 8. The molecule has 2 heterocycles. The first-order valence-corrected chi connectivity index (χ1v) is 16.0. The SMILES string of the molecule is CCC1CC1(NC(=O)c1c(-c2ccccc2)nc2cc(OC)ccc2c1OCC(C)(C)OC(=O)N1CCCC1)C(=O)OC(C)(C)C. The van der Waals surface area contributed by atoms with Gasteiger partial charge < -0.3 is 29.2 Å². The summed E-state index contributed by atoms with van der Waals surface area (Å²) in [5, 5.41) is 3.63. The fourth-order valence-corrected chi connectivity index (χ4v) is 5.89. The average molecular weight is 632 g/mol. The van der Waals surface area contributed by atoms with Crippen LogP contribution in [0.1, 0.15) is 77.6 Å². The van der Waals surface area contributed by atoms with E-state index in [9.17, 15) is 14.4 Å². The van der Waals surface area contributed by atoms with Crippen molar-refractivity contribution in [2.75, 3.05) is 26.8 Å². The van der Waals surface area contributed by atoms with Crippen molar-refractivity contribution in [3.05, 3.63) is 54.1 Å². The first-order chi connectivity index (χ1) is 21.8. The molecule has 0 radical (unpaired) electrons. The molecule has 2 amide bonds. The molecule has 46 heavy (non-hydrogen) atoms. The number of rotatable bonds is 10. The van der Waals surface area contributed by atoms with Gasteiger partial charge in [-0.15, -0.1) is 0 Å². The number of esters is 1. The Morgan fingerprint density at radius 3 is 2.30 bits per heavy atom. The van der Waals surface area contributed by atoms with Crippen molar-refractivity contribution in [2.45, 2.75) is 84.0 Å². The third-order valence-electron chi connectivity index (χ3n) is 8.41. The standard InChI is InChI=1S/C36H45N3O7/c1-8-24-21-36(24,32(41)45-34(2,3)4)38-31(40)28-29(23-14-10-9-11-15-23)37-27-20-25(43-7)16-17-26(27)30(28)44-22-35(5,6)46-33(42)39-18-12-13-19-39/h9-11,14-17,20,24H,8,12-13,18-19,21-22H2,1-7H3,(H,38,40). The summed E-state index contributed by atoms with van der Waals surface area (Å²) in [6, 6.07) is 14.7. The number of likely N-dealkylation sites (tertiary alicyclic amines) is 1. The van der Waals surface area contributed by atoms with E-state index in [0.717, 1.165) is 12.8 Å². The molecule has 1 aliphatic heterocycles. The van der Waals surface area contributed by atoms with E-state index in [1.165, 1.54) is 0 Å². The Hall–Kier alpha value is -4.34. The van der Waals surface area contributed by atoms with Crippen molar-refractivity contribution in [1.82, 2.24) is 15.2 Å². The fraction of sp³-hybridized carbons (Fsp3) is 0.500. The highest BCUT2D eigenvalue weighted by atomic mass is 16.6. The van der Waals surface area contributed by atoms with Crippen LogP contribution in [0.5, 0.6) is 11.5 Å². The zero-order chi connectivity index (χ0) is 33.3. The van der Waals surface area contributed by atoms with Gasteiger partial charge in [-0.25, -0.2) is 14.6 Å². The van der Waals surface area contributed by atoms with Gasteiger partial charge in [-0.05, 0) is 71.9 Å². The van der Waals surface area contributed by atoms with Crippen LogP contribution in [0.3, 0.4) is 0 Å². The zero-order valence-electron chi connectivity index (χ0n) is 27.9. The number of hydrogen-bond donors (Lipinski definition) is 1. The van der Waals surface area contributed by atoms with Gasteiger partial charge in [0, 0.05) is 30.1 Å². The molecule has 2 fully saturated rings. The topological polar surface area (TPSA) is 116 Å². The number of aromatic nitrogens is 1. The number of benzene rings is 2. The Morgan fingerprint density at radius 1 is 1.00 bits per heavy atom.